The first kappa shape index (κ1) is 29.2. The van der Waals surface area contributed by atoms with Crippen molar-refractivity contribution in [3.63, 3.8) is 0 Å². The van der Waals surface area contributed by atoms with Crippen LogP contribution in [0.1, 0.15) is 40.0 Å². The molecule has 0 saturated carbocycles. The molecule has 0 N–H and O–H groups in total. The molecule has 12 heavy (non-hydrogen) atoms. The zero-order valence-electron chi connectivity index (χ0n) is 8.94. The Balaban J connectivity index is -0.0000000221. The molecule has 0 nitrogen and oxygen atoms in total. The summed E-state index contributed by atoms with van der Waals surface area (Å²) >= 11 is 0. The molecule has 0 aromatic carbocycles. The van der Waals surface area contributed by atoms with Crippen LogP contribution in [0.4, 0.5) is 0 Å². The number of unbranched alkanes of at least 4 members (excludes halogenated alkanes) is 1. The number of rotatable bonds is 2. The minimum absolute atomic E-state index is 0. The largest absolute Gasteiger partial charge is 2.00 e. The fourth-order valence-corrected chi connectivity index (χ4v) is 0. The fourth-order valence-electron chi connectivity index (χ4n) is 0. The second-order valence-electron chi connectivity index (χ2n) is 2.54. The first-order chi connectivity index (χ1) is 4.18. The van der Waals surface area contributed by atoms with Gasteiger partial charge in [-0.3, -0.25) is 0 Å². The monoisotopic (exact) mass is 222 g/mol. The van der Waals surface area contributed by atoms with Gasteiger partial charge in [-0.1, -0.05) is 33.1 Å². The van der Waals surface area contributed by atoms with Crippen molar-refractivity contribution >= 4 is 45.4 Å². The number of hydrogen-bond acceptors (Lipinski definition) is 0. The molecule has 1 unspecified atom stereocenters. The van der Waals surface area contributed by atoms with Crippen LogP contribution in [0.5, 0.6) is 0 Å². The van der Waals surface area contributed by atoms with E-state index in [0.717, 1.165) is 18.8 Å². The van der Waals surface area contributed by atoms with Gasteiger partial charge in [0, 0.05) is 0 Å². The van der Waals surface area contributed by atoms with Gasteiger partial charge in [0.05, 0.1) is 0 Å². The topological polar surface area (TPSA) is 0 Å². The Hall–Kier alpha value is 1.49. The summed E-state index contributed by atoms with van der Waals surface area (Å²) < 4.78 is 0. The van der Waals surface area contributed by atoms with Gasteiger partial charge < -0.3 is 13.8 Å². The minimum atomic E-state index is 0. The molecular formula is C9H24ClMgP. The average Bonchev–Trinajstić information content (AvgIpc) is 1.89. The van der Waals surface area contributed by atoms with Crippen molar-refractivity contribution < 1.29 is 0 Å². The predicted molar refractivity (Wildman–Crippen MR) is 69.2 cm³/mol. The Kier molecular flexibility index (Phi) is 71.5. The van der Waals surface area contributed by atoms with Crippen LogP contribution in [0.15, 0.2) is 0 Å². The third-order valence-electron chi connectivity index (χ3n) is 0.931. The summed E-state index contributed by atoms with van der Waals surface area (Å²) in [6.07, 6.45) is 3.33. The van der Waals surface area contributed by atoms with E-state index >= 15 is 0 Å². The molecule has 0 aromatic heterocycles. The van der Waals surface area contributed by atoms with Crippen molar-refractivity contribution in [3.05, 3.63) is 13.8 Å². The van der Waals surface area contributed by atoms with E-state index in [0.29, 0.717) is 0 Å². The van der Waals surface area contributed by atoms with E-state index in [9.17, 15) is 0 Å². The quantitative estimate of drug-likeness (QED) is 0.381. The van der Waals surface area contributed by atoms with Crippen LogP contribution in [0, 0.1) is 19.8 Å². The van der Waals surface area contributed by atoms with E-state index in [4.69, 9.17) is 0 Å². The minimum Gasteiger partial charge on any atom is -0.343 e. The van der Waals surface area contributed by atoms with Crippen LogP contribution in [-0.4, -0.2) is 23.1 Å². The maximum absolute atomic E-state index is 3.69. The summed E-state index contributed by atoms with van der Waals surface area (Å²) in [4.78, 5) is 0. The van der Waals surface area contributed by atoms with E-state index in [2.05, 4.69) is 34.6 Å². The van der Waals surface area contributed by atoms with Crippen molar-refractivity contribution in [2.24, 2.45) is 5.92 Å². The first-order valence-corrected chi connectivity index (χ1v) is 3.77. The molecule has 0 aromatic rings. The molecule has 0 aliphatic carbocycles. The van der Waals surface area contributed by atoms with Crippen molar-refractivity contribution in [2.75, 3.05) is 0 Å². The Morgan fingerprint density at radius 3 is 1.33 bits per heavy atom. The van der Waals surface area contributed by atoms with Crippen molar-refractivity contribution in [2.45, 2.75) is 40.0 Å². The molecule has 74 valence electrons. The van der Waals surface area contributed by atoms with E-state index < -0.39 is 0 Å². The zero-order chi connectivity index (χ0) is 7.70. The smallest absolute Gasteiger partial charge is 0.343 e. The molecule has 0 bridgehead atoms. The fraction of sp³-hybridized carbons (Fsp3) is 0.778. The predicted octanol–water partition coefficient (Wildman–Crippen LogP) is 3.59. The summed E-state index contributed by atoms with van der Waals surface area (Å²) in [5.41, 5.74) is 0. The van der Waals surface area contributed by atoms with Crippen LogP contribution < -0.4 is 0 Å². The molecule has 0 saturated heterocycles. The number of hydrogen-bond donors (Lipinski definition) is 0. The summed E-state index contributed by atoms with van der Waals surface area (Å²) in [5.74, 6) is 0.773. The molecular weight excluding hydrogens is 199 g/mol. The van der Waals surface area contributed by atoms with Gasteiger partial charge in [-0.15, -0.1) is 12.4 Å². The maximum Gasteiger partial charge on any atom is 2.00 e. The SMILES string of the molecule is Cl.P.[CH2-]CC(C)C.[CH2-]CCC.[Mg+2]. The van der Waals surface area contributed by atoms with Crippen LogP contribution in [-0.2, 0) is 0 Å². The van der Waals surface area contributed by atoms with Crippen molar-refractivity contribution in [3.8, 4) is 0 Å². The van der Waals surface area contributed by atoms with Crippen LogP contribution >= 0.6 is 22.3 Å². The van der Waals surface area contributed by atoms with Gasteiger partial charge in [-0.25, -0.2) is 0 Å². The third-order valence-corrected chi connectivity index (χ3v) is 0.931. The van der Waals surface area contributed by atoms with Crippen LogP contribution in [0.2, 0.25) is 0 Å². The first-order valence-electron chi connectivity index (χ1n) is 3.77. The molecule has 0 aliphatic rings. The molecule has 3 heteroatoms. The molecule has 0 heterocycles. The molecule has 0 amide bonds. The maximum atomic E-state index is 3.69. The molecule has 0 aliphatic heterocycles. The zero-order valence-corrected chi connectivity index (χ0v) is 12.6. The van der Waals surface area contributed by atoms with Crippen LogP contribution in [0.25, 0.3) is 0 Å². The Morgan fingerprint density at radius 1 is 1.17 bits per heavy atom. The van der Waals surface area contributed by atoms with Gasteiger partial charge in [0.2, 0.25) is 0 Å². The second kappa shape index (κ2) is 29.4. The summed E-state index contributed by atoms with van der Waals surface area (Å²) in [6, 6.07) is 0. The summed E-state index contributed by atoms with van der Waals surface area (Å²) in [5, 5.41) is 0. The summed E-state index contributed by atoms with van der Waals surface area (Å²) in [6.45, 7) is 13.7. The molecule has 1 atom stereocenters. The van der Waals surface area contributed by atoms with Crippen LogP contribution in [0.3, 0.4) is 0 Å². The average molecular weight is 223 g/mol. The third kappa shape index (κ3) is 62.8. The Bertz CT molecular complexity index is 41.5. The number of halogens is 1. The standard InChI is InChI=1S/C5H11.C4H9.ClH.Mg.H3P/c1-4-5(2)3;1-3-4-2;;;/h5H,1,4H2,2-3H3;1,3-4H2,2H3;1H;;1H3/q2*-1;;+2;. The van der Waals surface area contributed by atoms with E-state index in [1.165, 1.54) is 6.42 Å². The molecule has 0 spiro atoms. The van der Waals surface area contributed by atoms with E-state index in [1.54, 1.807) is 0 Å². The molecule has 0 fully saturated rings. The van der Waals surface area contributed by atoms with Gasteiger partial charge >= 0.3 is 23.1 Å². The van der Waals surface area contributed by atoms with E-state index in [-0.39, 0.29) is 45.4 Å². The molecule has 0 radical (unpaired) electrons. The Labute approximate surface area is 105 Å². The van der Waals surface area contributed by atoms with Gasteiger partial charge in [-0.2, -0.15) is 22.7 Å². The second-order valence-corrected chi connectivity index (χ2v) is 2.54. The van der Waals surface area contributed by atoms with Gasteiger partial charge in [0.25, 0.3) is 0 Å². The van der Waals surface area contributed by atoms with Crippen molar-refractivity contribution in [1.82, 2.24) is 0 Å². The van der Waals surface area contributed by atoms with Gasteiger partial charge in [0.1, 0.15) is 0 Å². The van der Waals surface area contributed by atoms with Gasteiger partial charge in [-0.05, 0) is 0 Å². The molecule has 0 rings (SSSR count). The van der Waals surface area contributed by atoms with Gasteiger partial charge in [0.15, 0.2) is 0 Å². The summed E-state index contributed by atoms with van der Waals surface area (Å²) in [7, 11) is 0. The Morgan fingerprint density at radius 2 is 1.33 bits per heavy atom. The van der Waals surface area contributed by atoms with Crippen molar-refractivity contribution in [1.29, 1.82) is 0 Å². The van der Waals surface area contributed by atoms with E-state index in [1.807, 2.05) is 0 Å². The normalized spacial score (nSPS) is 6.50.